The fourth-order valence-electron chi connectivity index (χ4n) is 3.90. The number of carbonyl (C=O) groups is 4. The van der Waals surface area contributed by atoms with E-state index < -0.39 is 29.7 Å². The zero-order valence-corrected chi connectivity index (χ0v) is 21.4. The van der Waals surface area contributed by atoms with Crippen molar-refractivity contribution in [2.45, 2.75) is 52.2 Å². The fourth-order valence-corrected chi connectivity index (χ4v) is 3.90. The Morgan fingerprint density at radius 2 is 1.84 bits per heavy atom. The lowest BCUT2D eigenvalue weighted by Crippen LogP contribution is -2.58. The summed E-state index contributed by atoms with van der Waals surface area (Å²) in [5.41, 5.74) is 6.88. The molecule has 1 aliphatic rings. The van der Waals surface area contributed by atoms with Crippen LogP contribution in [0.2, 0.25) is 0 Å². The summed E-state index contributed by atoms with van der Waals surface area (Å²) in [6.45, 7) is 7.77. The van der Waals surface area contributed by atoms with Crippen molar-refractivity contribution in [3.05, 3.63) is 12.7 Å². The molecular weight excluding hydrogens is 482 g/mol. The number of urea groups is 1. The number of imidazole rings is 1. The van der Waals surface area contributed by atoms with Crippen molar-refractivity contribution in [2.24, 2.45) is 5.92 Å². The highest BCUT2D eigenvalue weighted by atomic mass is 16.5. The van der Waals surface area contributed by atoms with Crippen molar-refractivity contribution < 1.29 is 23.9 Å². The monoisotopic (exact) mass is 517 g/mol. The highest BCUT2D eigenvalue weighted by molar-refractivity contribution is 6.38. The van der Waals surface area contributed by atoms with E-state index in [2.05, 4.69) is 30.9 Å². The second kappa shape index (κ2) is 12.9. The molecule has 2 aromatic heterocycles. The van der Waals surface area contributed by atoms with Gasteiger partial charge in [0.25, 0.3) is 5.91 Å². The molecule has 14 nitrogen and oxygen atoms in total. The molecule has 0 spiro atoms. The summed E-state index contributed by atoms with van der Waals surface area (Å²) < 4.78 is 7.04. The van der Waals surface area contributed by atoms with Crippen LogP contribution < -0.4 is 21.7 Å². The van der Waals surface area contributed by atoms with Gasteiger partial charge >= 0.3 is 6.03 Å². The molecule has 0 radical (unpaired) electrons. The first kappa shape index (κ1) is 27.8. The Labute approximate surface area is 214 Å². The van der Waals surface area contributed by atoms with Gasteiger partial charge in [-0.05, 0) is 18.8 Å². The molecule has 202 valence electrons. The molecule has 1 aliphatic heterocycles. The highest BCUT2D eigenvalue weighted by Crippen LogP contribution is 2.14. The first-order valence-electron chi connectivity index (χ1n) is 12.4. The van der Waals surface area contributed by atoms with Crippen molar-refractivity contribution in [1.29, 1.82) is 0 Å². The Morgan fingerprint density at radius 3 is 2.51 bits per heavy atom. The van der Waals surface area contributed by atoms with Crippen LogP contribution in [0.1, 0.15) is 33.6 Å². The molecule has 37 heavy (non-hydrogen) atoms. The minimum absolute atomic E-state index is 0.225. The van der Waals surface area contributed by atoms with Gasteiger partial charge in [0, 0.05) is 26.2 Å². The quantitative estimate of drug-likeness (QED) is 0.224. The number of hydrogen-bond donors (Lipinski definition) is 4. The second-order valence-electron chi connectivity index (χ2n) is 9.08. The maximum absolute atomic E-state index is 12.9. The van der Waals surface area contributed by atoms with E-state index in [9.17, 15) is 19.2 Å². The number of amides is 4. The van der Waals surface area contributed by atoms with Gasteiger partial charge in [0.2, 0.25) is 11.7 Å². The number of ether oxygens (including phenoxy) is 1. The van der Waals surface area contributed by atoms with Gasteiger partial charge in [-0.3, -0.25) is 14.4 Å². The molecule has 1 saturated heterocycles. The lowest BCUT2D eigenvalue weighted by Gasteiger charge is -2.30. The van der Waals surface area contributed by atoms with E-state index in [0.717, 1.165) is 0 Å². The number of anilines is 1. The summed E-state index contributed by atoms with van der Waals surface area (Å²) in [7, 11) is 0. The summed E-state index contributed by atoms with van der Waals surface area (Å²) in [4.78, 5) is 64.5. The summed E-state index contributed by atoms with van der Waals surface area (Å²) in [5, 5.41) is 7.97. The number of hydrogen-bond acceptors (Lipinski definition) is 9. The van der Waals surface area contributed by atoms with Gasteiger partial charge in [-0.15, -0.1) is 0 Å². The van der Waals surface area contributed by atoms with E-state index in [-0.39, 0.29) is 30.7 Å². The maximum atomic E-state index is 12.9. The van der Waals surface area contributed by atoms with Gasteiger partial charge in [-0.1, -0.05) is 20.8 Å². The molecule has 3 rings (SSSR count). The van der Waals surface area contributed by atoms with E-state index >= 15 is 0 Å². The zero-order valence-electron chi connectivity index (χ0n) is 21.4. The number of nitrogens with two attached hydrogens (primary N) is 1. The number of aryl methyl sites for hydroxylation is 1. The number of rotatable bonds is 11. The minimum atomic E-state index is -1.01. The van der Waals surface area contributed by atoms with Crippen molar-refractivity contribution in [1.82, 2.24) is 40.4 Å². The number of Topliss-reactive ketones (excluding diaryl/α,β-unsaturated/α-hetero) is 1. The smallest absolute Gasteiger partial charge is 0.318 e. The molecule has 0 unspecified atom stereocenters. The first-order valence-corrected chi connectivity index (χ1v) is 12.4. The lowest BCUT2D eigenvalue weighted by molar-refractivity contribution is -0.140. The van der Waals surface area contributed by atoms with Crippen molar-refractivity contribution >= 4 is 40.6 Å². The van der Waals surface area contributed by atoms with Crippen LogP contribution in [0, 0.1) is 5.92 Å². The number of carbonyl (C=O) groups excluding carboxylic acids is 4. The van der Waals surface area contributed by atoms with Crippen LogP contribution in [0.25, 0.3) is 11.2 Å². The molecular formula is C23H35N9O5. The number of nitrogens with zero attached hydrogens (tertiary/aromatic N) is 5. The van der Waals surface area contributed by atoms with Crippen molar-refractivity contribution in [3.8, 4) is 0 Å². The molecule has 14 heteroatoms. The number of ketones is 1. The molecule has 2 atom stereocenters. The third-order valence-electron chi connectivity index (χ3n) is 6.08. The zero-order chi connectivity index (χ0) is 26.9. The largest absolute Gasteiger partial charge is 0.382 e. The summed E-state index contributed by atoms with van der Waals surface area (Å²) in [5.74, 6) is -1.99. The normalized spacial score (nSPS) is 15.3. The van der Waals surface area contributed by atoms with Gasteiger partial charge in [-0.25, -0.2) is 19.7 Å². The van der Waals surface area contributed by atoms with Crippen molar-refractivity contribution in [2.75, 3.05) is 38.6 Å². The molecule has 3 heterocycles. The molecule has 0 aliphatic carbocycles. The predicted octanol–water partition coefficient (Wildman–Crippen LogP) is -0.555. The van der Waals surface area contributed by atoms with Gasteiger partial charge in [0.15, 0.2) is 11.5 Å². The maximum Gasteiger partial charge on any atom is 0.318 e. The number of morpholine rings is 1. The highest BCUT2D eigenvalue weighted by Gasteiger charge is 2.31. The SMILES string of the molecule is CC[C@H](NC(=O)[C@@H](NC(=O)N1CCOCC1)C(C)C)C(=O)C(=O)NCCCn1cnc2c(N)ncnc21. The Bertz CT molecular complexity index is 1110. The Balaban J connectivity index is 1.49. The van der Waals surface area contributed by atoms with Crippen LogP contribution in [-0.4, -0.2) is 93.0 Å². The van der Waals surface area contributed by atoms with Gasteiger partial charge in [-0.2, -0.15) is 0 Å². The average Bonchev–Trinajstić information content (AvgIpc) is 3.32. The van der Waals surface area contributed by atoms with Crippen LogP contribution in [0.15, 0.2) is 12.7 Å². The molecule has 5 N–H and O–H groups in total. The molecule has 4 amide bonds. The van der Waals surface area contributed by atoms with E-state index in [4.69, 9.17) is 10.5 Å². The minimum Gasteiger partial charge on any atom is -0.382 e. The number of fused-ring (bicyclic) bond motifs is 1. The average molecular weight is 518 g/mol. The summed E-state index contributed by atoms with van der Waals surface area (Å²) >= 11 is 0. The number of nitrogens with one attached hydrogen (secondary N) is 3. The van der Waals surface area contributed by atoms with E-state index in [1.807, 2.05) is 0 Å². The Kier molecular flexibility index (Phi) is 9.71. The standard InChI is InChI=1S/C23H35N9O5/c1-4-15(29-21(34)16(14(2)3)30-23(36)31-8-10-37-11-9-31)18(33)22(35)25-6-5-7-32-13-28-17-19(24)26-12-27-20(17)32/h12-16H,4-11H2,1-3H3,(H,25,35)(H,29,34)(H,30,36)(H2,24,26,27)/t15-,16-/m0/s1. The molecule has 0 aromatic carbocycles. The van der Waals surface area contributed by atoms with Crippen LogP contribution in [-0.2, 0) is 25.7 Å². The van der Waals surface area contributed by atoms with Crippen LogP contribution in [0.4, 0.5) is 10.6 Å². The third-order valence-corrected chi connectivity index (χ3v) is 6.08. The molecule has 0 bridgehead atoms. The number of nitrogen functional groups attached to an aromatic ring is 1. The van der Waals surface area contributed by atoms with E-state index in [1.54, 1.807) is 36.6 Å². The topological polar surface area (TPSA) is 186 Å². The van der Waals surface area contributed by atoms with E-state index in [1.165, 1.54) is 6.33 Å². The van der Waals surface area contributed by atoms with Crippen LogP contribution >= 0.6 is 0 Å². The Hall–Kier alpha value is -3.81. The summed E-state index contributed by atoms with van der Waals surface area (Å²) in [6, 6.07) is -2.23. The second-order valence-corrected chi connectivity index (χ2v) is 9.08. The van der Waals surface area contributed by atoms with Gasteiger partial charge in [0.05, 0.1) is 25.6 Å². The molecule has 1 fully saturated rings. The first-order chi connectivity index (χ1) is 17.7. The van der Waals surface area contributed by atoms with Crippen LogP contribution in [0.5, 0.6) is 0 Å². The molecule has 2 aromatic rings. The Morgan fingerprint density at radius 1 is 1.11 bits per heavy atom. The van der Waals surface area contributed by atoms with Gasteiger partial charge in [0.1, 0.15) is 17.9 Å². The molecule has 0 saturated carbocycles. The number of aromatic nitrogens is 4. The van der Waals surface area contributed by atoms with Gasteiger partial charge < -0.3 is 35.9 Å². The van der Waals surface area contributed by atoms with Crippen molar-refractivity contribution in [3.63, 3.8) is 0 Å². The fraction of sp³-hybridized carbons (Fsp3) is 0.609. The lowest BCUT2D eigenvalue weighted by atomic mass is 10.0. The van der Waals surface area contributed by atoms with Crippen LogP contribution in [0.3, 0.4) is 0 Å². The van der Waals surface area contributed by atoms with E-state index in [0.29, 0.717) is 50.4 Å². The third kappa shape index (κ3) is 7.12. The predicted molar refractivity (Wildman–Crippen MR) is 134 cm³/mol. The summed E-state index contributed by atoms with van der Waals surface area (Å²) in [6.07, 6.45) is 3.69.